The molecule has 0 saturated carbocycles. The zero-order valence-corrected chi connectivity index (χ0v) is 30.5. The average molecular weight is 714 g/mol. The minimum atomic E-state index is -3.66. The summed E-state index contributed by atoms with van der Waals surface area (Å²) in [6, 6.07) is 22.7. The lowest BCUT2D eigenvalue weighted by molar-refractivity contribution is 0.352. The summed E-state index contributed by atoms with van der Waals surface area (Å²) < 4.78 is 40.3. The summed E-state index contributed by atoms with van der Waals surface area (Å²) in [5.74, 6) is 2.60. The Morgan fingerprint density at radius 1 is 0.686 bits per heavy atom. The van der Waals surface area contributed by atoms with Gasteiger partial charge in [0.2, 0.25) is 27.9 Å². The molecule has 0 saturated heterocycles. The van der Waals surface area contributed by atoms with Crippen LogP contribution in [-0.4, -0.2) is 76.3 Å². The zero-order chi connectivity index (χ0) is 36.1. The molecule has 13 nitrogen and oxygen atoms in total. The van der Waals surface area contributed by atoms with Crippen molar-refractivity contribution in [3.63, 3.8) is 0 Å². The van der Waals surface area contributed by atoms with Crippen LogP contribution >= 0.6 is 0 Å². The fourth-order valence-electron chi connectivity index (χ4n) is 5.71. The number of unbranched alkanes of at least 4 members (excludes halogenated alkanes) is 3. The molecule has 0 bridgehead atoms. The summed E-state index contributed by atoms with van der Waals surface area (Å²) in [5, 5.41) is 11.5. The van der Waals surface area contributed by atoms with E-state index in [9.17, 15) is 8.42 Å². The van der Waals surface area contributed by atoms with Gasteiger partial charge in [0.15, 0.2) is 11.5 Å². The van der Waals surface area contributed by atoms with Crippen molar-refractivity contribution in [3.05, 3.63) is 90.3 Å². The van der Waals surface area contributed by atoms with Crippen LogP contribution in [0.15, 0.2) is 83.9 Å². The molecule has 0 fully saturated rings. The van der Waals surface area contributed by atoms with Crippen molar-refractivity contribution in [2.24, 2.45) is 0 Å². The van der Waals surface area contributed by atoms with Gasteiger partial charge in [-0.15, -0.1) is 0 Å². The number of ether oxygens (including phenoxy) is 2. The highest BCUT2D eigenvalue weighted by atomic mass is 32.2. The monoisotopic (exact) mass is 713 g/mol. The molecule has 3 aromatic carbocycles. The van der Waals surface area contributed by atoms with E-state index >= 15 is 0 Å². The number of hydrogen-bond donors (Lipinski definition) is 4. The Balaban J connectivity index is 1.12. The SMILES string of the molecule is COc1cccc(CNc2nc(NCCCCCCNS(=O)(=O)c3cccc4c(N(C)C)cccc34)nc(NCCc3ccccn3)n2)c1OC. The normalized spacial score (nSPS) is 11.3. The maximum atomic E-state index is 13.2. The van der Waals surface area contributed by atoms with Gasteiger partial charge in [-0.2, -0.15) is 15.0 Å². The number of anilines is 4. The number of nitrogens with zero attached hydrogens (tertiary/aromatic N) is 5. The average Bonchev–Trinajstić information content (AvgIpc) is 3.14. The molecule has 0 aliphatic heterocycles. The van der Waals surface area contributed by atoms with Crippen molar-refractivity contribution in [1.82, 2.24) is 24.7 Å². The first-order valence-corrected chi connectivity index (χ1v) is 18.5. The minimum absolute atomic E-state index is 0.298. The van der Waals surface area contributed by atoms with Crippen LogP contribution < -0.4 is 35.0 Å². The van der Waals surface area contributed by atoms with Crippen molar-refractivity contribution >= 4 is 44.3 Å². The lowest BCUT2D eigenvalue weighted by Gasteiger charge is -2.17. The molecule has 2 aromatic heterocycles. The van der Waals surface area contributed by atoms with Crippen LogP contribution in [0.4, 0.5) is 23.5 Å². The van der Waals surface area contributed by atoms with E-state index in [4.69, 9.17) is 9.47 Å². The number of hydrogen-bond acceptors (Lipinski definition) is 12. The van der Waals surface area contributed by atoms with Crippen LogP contribution in [-0.2, 0) is 23.0 Å². The van der Waals surface area contributed by atoms with E-state index in [1.807, 2.05) is 79.7 Å². The smallest absolute Gasteiger partial charge is 0.241 e. The predicted molar refractivity (Wildman–Crippen MR) is 204 cm³/mol. The highest BCUT2D eigenvalue weighted by Gasteiger charge is 2.18. The molecule has 270 valence electrons. The van der Waals surface area contributed by atoms with Gasteiger partial charge in [0.25, 0.3) is 0 Å². The number of sulfonamides is 1. The number of benzene rings is 3. The van der Waals surface area contributed by atoms with E-state index in [2.05, 4.69) is 40.6 Å². The Hall–Kier alpha value is -5.21. The van der Waals surface area contributed by atoms with E-state index in [0.29, 0.717) is 72.2 Å². The van der Waals surface area contributed by atoms with E-state index < -0.39 is 10.0 Å². The van der Waals surface area contributed by atoms with Crippen molar-refractivity contribution in [1.29, 1.82) is 0 Å². The summed E-state index contributed by atoms with van der Waals surface area (Å²) in [6.45, 7) is 2.04. The first-order chi connectivity index (χ1) is 24.8. The van der Waals surface area contributed by atoms with Gasteiger partial charge in [0, 0.05) is 80.6 Å². The Kier molecular flexibility index (Phi) is 13.2. The molecule has 2 heterocycles. The van der Waals surface area contributed by atoms with Crippen molar-refractivity contribution < 1.29 is 17.9 Å². The van der Waals surface area contributed by atoms with E-state index in [1.165, 1.54) is 0 Å². The molecule has 0 spiro atoms. The van der Waals surface area contributed by atoms with Crippen LogP contribution in [0.3, 0.4) is 0 Å². The number of aromatic nitrogens is 4. The third-order valence-electron chi connectivity index (χ3n) is 8.26. The second kappa shape index (κ2) is 18.2. The Labute approximate surface area is 300 Å². The standard InChI is InChI=1S/C37H47N9O4S/c1-46(2)31-18-12-17-30-29(31)16-13-20-33(30)51(47,48)42-24-9-6-5-8-23-39-35-43-36(40-25-21-28-15-7-10-22-38-28)45-37(44-35)41-26-27-14-11-19-32(49-3)34(27)50-4/h7,10-20,22,42H,5-6,8-9,21,23-26H2,1-4H3,(H3,39,40,41,43,44,45). The Bertz CT molecular complexity index is 1980. The number of para-hydroxylation sites is 1. The third-order valence-corrected chi connectivity index (χ3v) is 9.78. The molecule has 0 aliphatic carbocycles. The molecule has 0 atom stereocenters. The van der Waals surface area contributed by atoms with E-state index in [0.717, 1.165) is 48.0 Å². The van der Waals surface area contributed by atoms with Crippen LogP contribution in [0.5, 0.6) is 11.5 Å². The molecule has 14 heteroatoms. The van der Waals surface area contributed by atoms with Crippen LogP contribution in [0, 0.1) is 0 Å². The number of pyridine rings is 1. The summed E-state index contributed by atoms with van der Waals surface area (Å²) in [6.07, 6.45) is 5.87. The van der Waals surface area contributed by atoms with Gasteiger partial charge in [-0.3, -0.25) is 4.98 Å². The van der Waals surface area contributed by atoms with Gasteiger partial charge in [0.05, 0.1) is 19.1 Å². The second-order valence-corrected chi connectivity index (χ2v) is 13.8. The Morgan fingerprint density at radius 2 is 1.37 bits per heavy atom. The predicted octanol–water partition coefficient (Wildman–Crippen LogP) is 5.72. The van der Waals surface area contributed by atoms with Crippen LogP contribution in [0.25, 0.3) is 10.8 Å². The number of nitrogens with one attached hydrogen (secondary N) is 4. The lowest BCUT2D eigenvalue weighted by atomic mass is 10.1. The van der Waals surface area contributed by atoms with Gasteiger partial charge in [-0.25, -0.2) is 13.1 Å². The van der Waals surface area contributed by atoms with Crippen molar-refractivity contribution in [3.8, 4) is 11.5 Å². The van der Waals surface area contributed by atoms with Gasteiger partial charge in [-0.1, -0.05) is 55.3 Å². The van der Waals surface area contributed by atoms with Crippen LogP contribution in [0.2, 0.25) is 0 Å². The molecular weight excluding hydrogens is 667 g/mol. The fourth-order valence-corrected chi connectivity index (χ4v) is 7.00. The first kappa shape index (κ1) is 37.1. The van der Waals surface area contributed by atoms with E-state index in [1.54, 1.807) is 32.5 Å². The number of rotatable bonds is 20. The van der Waals surface area contributed by atoms with Crippen molar-refractivity contribution in [2.75, 3.05) is 68.8 Å². The largest absolute Gasteiger partial charge is 0.493 e. The third kappa shape index (κ3) is 10.2. The number of fused-ring (bicyclic) bond motifs is 1. The molecule has 5 rings (SSSR count). The van der Waals surface area contributed by atoms with Gasteiger partial charge >= 0.3 is 0 Å². The fraction of sp³-hybridized carbons (Fsp3) is 0.351. The van der Waals surface area contributed by atoms with E-state index in [-0.39, 0.29) is 0 Å². The minimum Gasteiger partial charge on any atom is -0.493 e. The molecule has 51 heavy (non-hydrogen) atoms. The highest BCUT2D eigenvalue weighted by Crippen LogP contribution is 2.32. The summed E-state index contributed by atoms with van der Waals surface area (Å²) in [5.41, 5.74) is 2.85. The van der Waals surface area contributed by atoms with Crippen LogP contribution in [0.1, 0.15) is 36.9 Å². The zero-order valence-electron chi connectivity index (χ0n) is 29.6. The maximum absolute atomic E-state index is 13.2. The van der Waals surface area contributed by atoms with Crippen molar-refractivity contribution in [2.45, 2.75) is 43.5 Å². The molecule has 5 aromatic rings. The molecule has 0 amide bonds. The molecule has 0 aliphatic rings. The molecular formula is C37H47N9O4S. The first-order valence-electron chi connectivity index (χ1n) is 17.0. The summed E-state index contributed by atoms with van der Waals surface area (Å²) in [7, 11) is 3.47. The topological polar surface area (TPSA) is 156 Å². The Morgan fingerprint density at radius 3 is 2.08 bits per heavy atom. The summed E-state index contributed by atoms with van der Waals surface area (Å²) in [4.78, 5) is 20.5. The van der Waals surface area contributed by atoms with Gasteiger partial charge in [0.1, 0.15) is 0 Å². The van der Waals surface area contributed by atoms with Gasteiger partial charge in [-0.05, 0) is 43.2 Å². The quantitative estimate of drug-likeness (QED) is 0.0729. The second-order valence-electron chi connectivity index (χ2n) is 12.1. The summed E-state index contributed by atoms with van der Waals surface area (Å²) >= 11 is 0. The maximum Gasteiger partial charge on any atom is 0.241 e. The molecule has 4 N–H and O–H groups in total. The number of methoxy groups -OCH3 is 2. The highest BCUT2D eigenvalue weighted by molar-refractivity contribution is 7.89. The molecule has 0 unspecified atom stereocenters. The lowest BCUT2D eigenvalue weighted by Crippen LogP contribution is -2.25. The van der Waals surface area contributed by atoms with Gasteiger partial charge < -0.3 is 30.3 Å². The molecule has 0 radical (unpaired) electrons.